The number of nitrogens with zero attached hydrogens (tertiary/aromatic N) is 2. The van der Waals surface area contributed by atoms with E-state index in [4.69, 9.17) is 33.7 Å². The Labute approximate surface area is 351 Å². The minimum Gasteiger partial charge on any atom is -0.489 e. The predicted octanol–water partition coefficient (Wildman–Crippen LogP) is 8.23. The molecule has 6 atom stereocenters. The molecule has 1 amide bonds. The number of carbonyl (C=O) groups is 1. The highest BCUT2D eigenvalue weighted by molar-refractivity contribution is 6.03. The van der Waals surface area contributed by atoms with E-state index < -0.39 is 17.7 Å². The van der Waals surface area contributed by atoms with Crippen LogP contribution in [-0.4, -0.2) is 71.8 Å². The zero-order chi connectivity index (χ0) is 41.6. The number of hydrogen-bond acceptors (Lipinski definition) is 10. The van der Waals surface area contributed by atoms with Gasteiger partial charge in [0, 0.05) is 49.1 Å². The van der Waals surface area contributed by atoms with E-state index in [1.165, 1.54) is 6.07 Å². The summed E-state index contributed by atoms with van der Waals surface area (Å²) in [5.41, 5.74) is 3.98. The van der Waals surface area contributed by atoms with Crippen molar-refractivity contribution in [3.63, 3.8) is 0 Å². The minimum absolute atomic E-state index is 0.0301. The zero-order valence-corrected chi connectivity index (χ0v) is 34.4. The topological polar surface area (TPSA) is 129 Å². The molecule has 0 spiro atoms. The number of rotatable bonds is 20. The lowest BCUT2D eigenvalue weighted by Gasteiger charge is -2.60. The van der Waals surface area contributed by atoms with Gasteiger partial charge in [-0.15, -0.1) is 6.58 Å². The first-order chi connectivity index (χ1) is 29.4. The van der Waals surface area contributed by atoms with Crippen LogP contribution in [0.1, 0.15) is 87.3 Å². The van der Waals surface area contributed by atoms with Crippen molar-refractivity contribution in [2.24, 2.45) is 28.8 Å². The second-order valence-corrected chi connectivity index (χ2v) is 16.5. The van der Waals surface area contributed by atoms with E-state index in [0.29, 0.717) is 54.4 Å². The lowest BCUT2D eigenvalue weighted by atomic mass is 9.55. The smallest absolute Gasteiger partial charge is 0.239 e. The summed E-state index contributed by atoms with van der Waals surface area (Å²) in [5.74, 6) is 0.157. The number of benzene rings is 3. The number of oxime groups is 1. The molecule has 320 valence electrons. The number of carbonyl (C=O) groups excluding carboxylic acids is 1. The fraction of sp³-hybridized carbons (Fsp3) is 0.500. The van der Waals surface area contributed by atoms with Gasteiger partial charge in [-0.2, -0.15) is 0 Å². The molecule has 0 saturated heterocycles. The third-order valence-electron chi connectivity index (χ3n) is 12.7. The van der Waals surface area contributed by atoms with Crippen LogP contribution in [0.25, 0.3) is 0 Å². The van der Waals surface area contributed by atoms with Gasteiger partial charge in [0.1, 0.15) is 36.6 Å². The zero-order valence-electron chi connectivity index (χ0n) is 34.4. The van der Waals surface area contributed by atoms with E-state index in [2.05, 4.69) is 12.7 Å². The second-order valence-electron chi connectivity index (χ2n) is 16.5. The maximum atomic E-state index is 14.8. The molecule has 0 aromatic heterocycles. The van der Waals surface area contributed by atoms with Crippen molar-refractivity contribution in [2.75, 3.05) is 33.2 Å². The number of halogens is 1. The third kappa shape index (κ3) is 8.51. The number of amides is 1. The van der Waals surface area contributed by atoms with Gasteiger partial charge in [0.25, 0.3) is 0 Å². The summed E-state index contributed by atoms with van der Waals surface area (Å²) < 4.78 is 46.9. The molecule has 3 aromatic carbocycles. The van der Waals surface area contributed by atoms with Crippen LogP contribution in [0.4, 0.5) is 4.39 Å². The summed E-state index contributed by atoms with van der Waals surface area (Å²) in [6, 6.07) is 17.5. The largest absolute Gasteiger partial charge is 0.489 e. The van der Waals surface area contributed by atoms with Crippen LogP contribution in [0, 0.1) is 29.5 Å². The van der Waals surface area contributed by atoms with Gasteiger partial charge < -0.3 is 43.6 Å². The third-order valence-corrected chi connectivity index (χ3v) is 12.7. The van der Waals surface area contributed by atoms with E-state index in [0.717, 1.165) is 60.9 Å². The number of aliphatic hydroxyl groups excluding tert-OH is 2. The van der Waals surface area contributed by atoms with Gasteiger partial charge in [-0.1, -0.05) is 54.4 Å². The normalized spacial score (nSPS) is 25.4. The number of allylic oxidation sites excluding steroid dienone is 1. The van der Waals surface area contributed by atoms with Crippen LogP contribution < -0.4 is 18.9 Å². The number of unbranched alkanes of at least 4 members (excludes halogenated alkanes) is 2. The molecule has 8 rings (SSSR count). The van der Waals surface area contributed by atoms with Gasteiger partial charge in [-0.3, -0.25) is 4.79 Å². The lowest BCUT2D eigenvalue weighted by molar-refractivity contribution is -0.258. The first-order valence-electron chi connectivity index (χ1n) is 21.6. The Bertz CT molecular complexity index is 2070. The minimum atomic E-state index is -1.38. The van der Waals surface area contributed by atoms with Gasteiger partial charge in [-0.25, -0.2) is 4.39 Å². The quantitative estimate of drug-likeness (QED) is 0.0658. The van der Waals surface area contributed by atoms with Gasteiger partial charge in [0.05, 0.1) is 18.2 Å². The molecule has 3 aliphatic carbocycles. The number of hydrogen-bond donors (Lipinski definition) is 2. The van der Waals surface area contributed by atoms with E-state index in [1.807, 2.05) is 48.2 Å². The van der Waals surface area contributed by atoms with Gasteiger partial charge in [0.15, 0.2) is 11.5 Å². The van der Waals surface area contributed by atoms with Crippen molar-refractivity contribution in [2.45, 2.75) is 95.6 Å². The Balaban J connectivity index is 1.30. The van der Waals surface area contributed by atoms with Crippen molar-refractivity contribution in [3.8, 4) is 23.0 Å². The fourth-order valence-corrected chi connectivity index (χ4v) is 9.80. The standard InChI is InChI=1S/C48H57FN2O9/c1-3-23-58-48-44(51(47(54)32-16-17-32)28-31-15-19-42-43(24-31)57-30-56-42)27-40(50-59-4-2)37-25-33(11-7-9-21-52)36(13-8-10-22-53)45(46(37)48)38-26-35(18-20-41(38)60-48)55-29-34-12-5-6-14-39(34)49/h3,5-6,12,14-15,18-20,24-26,32-33,36,44-46,52-53H,1,4,7-11,13,16-17,21-23,27-30H2,2H3/t33-,36+,44-,45+,46+,48+/m0/s1. The van der Waals surface area contributed by atoms with Crippen molar-refractivity contribution >= 4 is 11.6 Å². The summed E-state index contributed by atoms with van der Waals surface area (Å²) in [5, 5.41) is 24.6. The summed E-state index contributed by atoms with van der Waals surface area (Å²) in [7, 11) is 0. The molecule has 2 aliphatic heterocycles. The van der Waals surface area contributed by atoms with E-state index in [1.54, 1.807) is 24.3 Å². The SMILES string of the molecule is C=CCO[C@@]12Oc3ccc(OCc4ccccc4F)cc3[C@H]3[C@H](CCCCO)[C@@H](CCCCO)C=C(C(=NOCC)C[C@@H]1N(Cc1ccc4c(c1)OCO4)C(=O)C1CC1)[C@H]32. The monoisotopic (exact) mass is 824 g/mol. The second kappa shape index (κ2) is 18.8. The molecular formula is C48H57FN2O9. The first-order valence-corrected chi connectivity index (χ1v) is 21.6. The molecule has 11 nitrogen and oxygen atoms in total. The van der Waals surface area contributed by atoms with Crippen LogP contribution in [0.5, 0.6) is 23.0 Å². The highest BCUT2D eigenvalue weighted by Crippen LogP contribution is 2.62. The van der Waals surface area contributed by atoms with E-state index in [9.17, 15) is 19.4 Å². The van der Waals surface area contributed by atoms with Crippen LogP contribution in [0.15, 0.2) is 90.1 Å². The van der Waals surface area contributed by atoms with Crippen LogP contribution in [0.3, 0.4) is 0 Å². The molecule has 0 bridgehead atoms. The highest BCUT2D eigenvalue weighted by atomic mass is 19.1. The van der Waals surface area contributed by atoms with Crippen LogP contribution >= 0.6 is 0 Å². The van der Waals surface area contributed by atoms with E-state index in [-0.39, 0.29) is 75.2 Å². The maximum Gasteiger partial charge on any atom is 0.239 e. The molecule has 2 fully saturated rings. The summed E-state index contributed by atoms with van der Waals surface area (Å²) in [4.78, 5) is 22.6. The van der Waals surface area contributed by atoms with Gasteiger partial charge in [-0.05, 0) is 105 Å². The predicted molar refractivity (Wildman–Crippen MR) is 223 cm³/mol. The van der Waals surface area contributed by atoms with Gasteiger partial charge in [0.2, 0.25) is 18.5 Å². The number of ether oxygens (including phenoxy) is 5. The fourth-order valence-electron chi connectivity index (χ4n) is 9.80. The molecular weight excluding hydrogens is 768 g/mol. The summed E-state index contributed by atoms with van der Waals surface area (Å²) in [6.45, 7) is 7.13. The highest BCUT2D eigenvalue weighted by Gasteiger charge is 2.66. The molecule has 12 heteroatoms. The summed E-state index contributed by atoms with van der Waals surface area (Å²) >= 11 is 0. The molecule has 2 saturated carbocycles. The van der Waals surface area contributed by atoms with E-state index >= 15 is 0 Å². The van der Waals surface area contributed by atoms with Gasteiger partial charge >= 0.3 is 0 Å². The Morgan fingerprint density at radius 2 is 1.78 bits per heavy atom. The van der Waals surface area contributed by atoms with Crippen LogP contribution in [-0.2, 0) is 27.5 Å². The maximum absolute atomic E-state index is 14.8. The van der Waals surface area contributed by atoms with Crippen LogP contribution in [0.2, 0.25) is 0 Å². The lowest BCUT2D eigenvalue weighted by Crippen LogP contribution is -2.70. The molecule has 0 radical (unpaired) electrons. The number of fused-ring (bicyclic) bond motifs is 3. The molecule has 3 aromatic rings. The molecule has 2 heterocycles. The van der Waals surface area contributed by atoms with Crippen molar-refractivity contribution in [1.29, 1.82) is 0 Å². The average molecular weight is 825 g/mol. The molecule has 5 aliphatic rings. The Hall–Kier alpha value is -4.91. The Kier molecular flexibility index (Phi) is 13.1. The molecule has 2 N–H and O–H groups in total. The Morgan fingerprint density at radius 1 is 1.00 bits per heavy atom. The Morgan fingerprint density at radius 3 is 2.55 bits per heavy atom. The van der Waals surface area contributed by atoms with Crippen molar-refractivity contribution in [1.82, 2.24) is 4.90 Å². The van der Waals surface area contributed by atoms with Crippen molar-refractivity contribution < 1.29 is 47.9 Å². The summed E-state index contributed by atoms with van der Waals surface area (Å²) in [6.07, 6.45) is 10.6. The van der Waals surface area contributed by atoms with Crippen molar-refractivity contribution in [3.05, 3.63) is 107 Å². The first kappa shape index (κ1) is 41.8. The molecule has 60 heavy (non-hydrogen) atoms. The molecule has 0 unspecified atom stereocenters. The number of aliphatic hydroxyl groups is 2. The average Bonchev–Trinajstić information content (AvgIpc) is 4.01.